The quantitative estimate of drug-likeness (QED) is 0.0738. The van der Waals surface area contributed by atoms with Crippen LogP contribution in [0.15, 0.2) is 50.0 Å². The Morgan fingerprint density at radius 2 is 2.04 bits per heavy atom. The summed E-state index contributed by atoms with van der Waals surface area (Å²) < 4.78 is 17.4. The molecule has 1 fully saturated rings. The summed E-state index contributed by atoms with van der Waals surface area (Å²) >= 11 is 4.45. The Hall–Kier alpha value is -3.39. The Bertz CT molecular complexity index is 1760. The first kappa shape index (κ1) is 34.0. The maximum absolute atomic E-state index is 13.3. The van der Waals surface area contributed by atoms with Crippen molar-refractivity contribution in [2.24, 2.45) is 5.16 Å². The third-order valence-corrected chi connectivity index (χ3v) is 13.1. The van der Waals surface area contributed by atoms with Crippen LogP contribution >= 0.6 is 53.9 Å². The van der Waals surface area contributed by atoms with Crippen LogP contribution in [0.5, 0.6) is 0 Å². The van der Waals surface area contributed by atoms with Crippen LogP contribution in [-0.4, -0.2) is 92.4 Å². The smallest absolute Gasteiger partial charge is 0.353 e. The first-order chi connectivity index (χ1) is 21.9. The molecule has 5 N–H and O–H groups in total. The van der Waals surface area contributed by atoms with Crippen molar-refractivity contribution >= 4 is 82.5 Å². The number of pyridine rings is 1. The molecule has 3 aromatic heterocycles. The Morgan fingerprint density at radius 3 is 2.72 bits per heavy atom. The highest BCUT2D eigenvalue weighted by molar-refractivity contribution is 8.07. The lowest BCUT2D eigenvalue weighted by Gasteiger charge is -2.49. The SMILES string of the molecule is CCCC(C)(O)P(=O)(O)Nc1nc(/C(=N/OC)C(=O)N[C@@H]2C(=O)N3C(C(=O)O)=C(Sc4nc(-c5ccncc5)cs4)CS[C@H]23)ns1. The van der Waals surface area contributed by atoms with Gasteiger partial charge in [0.25, 0.3) is 11.8 Å². The number of carbonyl (C=O) groups excluding carboxylic acids is 2. The van der Waals surface area contributed by atoms with Gasteiger partial charge in [-0.15, -0.1) is 23.1 Å². The van der Waals surface area contributed by atoms with E-state index < -0.39 is 47.8 Å². The molecule has 0 aromatic carbocycles. The highest BCUT2D eigenvalue weighted by Gasteiger charge is 2.55. The third-order valence-electron chi connectivity index (χ3n) is 6.75. The molecule has 0 spiro atoms. The minimum absolute atomic E-state index is 0.0427. The fourth-order valence-electron chi connectivity index (χ4n) is 4.46. The van der Waals surface area contributed by atoms with Crippen molar-refractivity contribution in [2.75, 3.05) is 17.9 Å². The summed E-state index contributed by atoms with van der Waals surface area (Å²) in [6.45, 7) is 2.98. The Balaban J connectivity index is 1.29. The maximum atomic E-state index is 13.3. The molecule has 3 aromatic rings. The normalized spacial score (nSPS) is 20.7. The first-order valence-electron chi connectivity index (χ1n) is 13.4. The van der Waals surface area contributed by atoms with E-state index >= 15 is 0 Å². The van der Waals surface area contributed by atoms with Gasteiger partial charge in [-0.1, -0.05) is 30.3 Å². The Labute approximate surface area is 278 Å². The average Bonchev–Trinajstić information content (AvgIpc) is 3.68. The number of carbonyl (C=O) groups is 3. The van der Waals surface area contributed by atoms with Crippen molar-refractivity contribution < 1.29 is 38.9 Å². The van der Waals surface area contributed by atoms with Crippen LogP contribution in [0.4, 0.5) is 5.13 Å². The summed E-state index contributed by atoms with van der Waals surface area (Å²) in [5, 5.41) is 28.1. The van der Waals surface area contributed by atoms with Gasteiger partial charge < -0.3 is 25.3 Å². The lowest BCUT2D eigenvalue weighted by atomic mass is 10.0. The number of rotatable bonds is 13. The number of fused-ring (bicyclic) bond motifs is 1. The molecule has 5 heterocycles. The van der Waals surface area contributed by atoms with Crippen LogP contribution in [0.2, 0.25) is 0 Å². The second kappa shape index (κ2) is 13.8. The fraction of sp³-hybridized carbons (Fsp3) is 0.360. The number of carboxylic acids is 1. The van der Waals surface area contributed by atoms with Crippen LogP contribution in [0.3, 0.4) is 0 Å². The van der Waals surface area contributed by atoms with Gasteiger partial charge in [-0.05, 0) is 25.5 Å². The van der Waals surface area contributed by atoms with Crippen molar-refractivity contribution in [1.82, 2.24) is 29.5 Å². The van der Waals surface area contributed by atoms with E-state index in [1.807, 2.05) is 17.5 Å². The number of aliphatic hydroxyl groups is 1. The average molecular weight is 727 g/mol. The van der Waals surface area contributed by atoms with Gasteiger partial charge in [0.15, 0.2) is 9.68 Å². The van der Waals surface area contributed by atoms with E-state index in [4.69, 9.17) is 4.84 Å². The monoisotopic (exact) mass is 726 g/mol. The van der Waals surface area contributed by atoms with E-state index in [0.29, 0.717) is 27.2 Å². The molecule has 4 atom stereocenters. The number of thiazole rings is 1. The summed E-state index contributed by atoms with van der Waals surface area (Å²) in [6.07, 6.45) is 3.79. The molecule has 1 saturated heterocycles. The van der Waals surface area contributed by atoms with E-state index in [0.717, 1.165) is 16.2 Å². The van der Waals surface area contributed by atoms with Gasteiger partial charge in [0.2, 0.25) is 16.7 Å². The number of amides is 2. The number of nitrogens with zero attached hydrogens (tertiary/aromatic N) is 6. The molecule has 16 nitrogen and oxygen atoms in total. The van der Waals surface area contributed by atoms with E-state index in [-0.39, 0.29) is 28.8 Å². The molecule has 0 saturated carbocycles. The highest BCUT2D eigenvalue weighted by atomic mass is 32.2. The lowest BCUT2D eigenvalue weighted by molar-refractivity contribution is -0.150. The second-order valence-corrected chi connectivity index (χ2v) is 16.4. The molecule has 2 amide bonds. The molecular formula is C25H27N8O8PS4. The molecule has 0 aliphatic carbocycles. The topological polar surface area (TPSA) is 229 Å². The number of hydrogen-bond acceptors (Lipinski definition) is 15. The minimum atomic E-state index is -4.36. The lowest BCUT2D eigenvalue weighted by Crippen LogP contribution is -2.71. The number of thioether (sulfide) groups is 2. The van der Waals surface area contributed by atoms with Crippen molar-refractivity contribution in [3.63, 3.8) is 0 Å². The van der Waals surface area contributed by atoms with Gasteiger partial charge in [0.05, 0.1) is 5.69 Å². The summed E-state index contributed by atoms with van der Waals surface area (Å²) in [5.41, 5.74) is 0.979. The molecule has 0 bridgehead atoms. The molecule has 2 aliphatic heterocycles. The van der Waals surface area contributed by atoms with Crippen LogP contribution in [0.1, 0.15) is 32.5 Å². The molecule has 21 heteroatoms. The molecular weight excluding hydrogens is 700 g/mol. The van der Waals surface area contributed by atoms with Gasteiger partial charge in [-0.3, -0.25) is 29.1 Å². The van der Waals surface area contributed by atoms with E-state index in [1.165, 1.54) is 48.9 Å². The highest BCUT2D eigenvalue weighted by Crippen LogP contribution is 2.54. The number of oxime groups is 1. The molecule has 46 heavy (non-hydrogen) atoms. The maximum Gasteiger partial charge on any atom is 0.353 e. The van der Waals surface area contributed by atoms with E-state index in [1.54, 1.807) is 19.3 Å². The van der Waals surface area contributed by atoms with Crippen molar-refractivity contribution in [3.05, 3.63) is 46.3 Å². The summed E-state index contributed by atoms with van der Waals surface area (Å²) in [5.74, 6) is -2.82. The van der Waals surface area contributed by atoms with Crippen molar-refractivity contribution in [2.45, 2.75) is 47.8 Å². The van der Waals surface area contributed by atoms with E-state index in [2.05, 4.69) is 34.9 Å². The van der Waals surface area contributed by atoms with Crippen LogP contribution in [0.25, 0.3) is 11.3 Å². The molecule has 2 unspecified atom stereocenters. The number of nitrogens with one attached hydrogen (secondary N) is 2. The zero-order valence-electron chi connectivity index (χ0n) is 24.3. The number of aliphatic carboxylic acids is 1. The standard InChI is InChI=1S/C25H27N8O8PS4/c1-4-7-25(2,38)42(39,40)31-23-29-18(32-46-23)15(30-41-3)19(34)28-16-20(35)33-17(22(36)37)14(11-43-21(16)33)45-24-27-13(10-44-24)12-5-8-26-9-6-12/h5-6,8-10,16,21,38H,4,7,11H2,1-3H3,(H,28,34)(H,36,37)(H2,29,31,32,39,40)/b30-15-/t16-,21-,25?/m1/s1. The number of carboxylic acid groups (broad SMARTS) is 1. The molecule has 0 radical (unpaired) electrons. The van der Waals surface area contributed by atoms with Crippen molar-refractivity contribution in [3.8, 4) is 11.3 Å². The van der Waals surface area contributed by atoms with Gasteiger partial charge in [-0.2, -0.15) is 9.36 Å². The largest absolute Gasteiger partial charge is 0.477 e. The zero-order chi connectivity index (χ0) is 33.2. The van der Waals surface area contributed by atoms with Crippen LogP contribution < -0.4 is 10.4 Å². The number of β-lactam (4-membered cyclic amide) rings is 1. The van der Waals surface area contributed by atoms with Gasteiger partial charge in [0, 0.05) is 45.5 Å². The molecule has 2 aliphatic rings. The number of hydrogen-bond donors (Lipinski definition) is 5. The summed E-state index contributed by atoms with van der Waals surface area (Å²) in [4.78, 5) is 68.2. The molecule has 244 valence electrons. The second-order valence-electron chi connectivity index (χ2n) is 9.97. The number of aromatic nitrogens is 4. The number of anilines is 1. The third kappa shape index (κ3) is 6.83. The first-order valence-corrected chi connectivity index (χ1v) is 18.6. The van der Waals surface area contributed by atoms with Crippen LogP contribution in [-0.2, 0) is 23.8 Å². The van der Waals surface area contributed by atoms with E-state index in [9.17, 15) is 34.1 Å². The predicted octanol–water partition coefficient (Wildman–Crippen LogP) is 3.00. The fourth-order valence-corrected chi connectivity index (χ4v) is 9.96. The van der Waals surface area contributed by atoms with Gasteiger partial charge >= 0.3 is 13.5 Å². The Morgan fingerprint density at radius 1 is 1.30 bits per heavy atom. The van der Waals surface area contributed by atoms with Gasteiger partial charge in [0.1, 0.15) is 24.2 Å². The predicted molar refractivity (Wildman–Crippen MR) is 173 cm³/mol. The minimum Gasteiger partial charge on any atom is -0.477 e. The van der Waals surface area contributed by atoms with Gasteiger partial charge in [-0.25, -0.2) is 9.78 Å². The van der Waals surface area contributed by atoms with Crippen LogP contribution in [0, 0.1) is 0 Å². The summed E-state index contributed by atoms with van der Waals surface area (Å²) in [6, 6.07) is 2.54. The van der Waals surface area contributed by atoms with Crippen molar-refractivity contribution in [1.29, 1.82) is 0 Å². The zero-order valence-corrected chi connectivity index (χ0v) is 28.5. The Kier molecular flexibility index (Phi) is 10.2. The summed E-state index contributed by atoms with van der Waals surface area (Å²) in [7, 11) is -3.18. The molecule has 5 rings (SSSR count).